The topological polar surface area (TPSA) is 90.0 Å². The minimum Gasteiger partial charge on any atom is -0.394 e. The van der Waals surface area contributed by atoms with Crippen LogP contribution in [0.3, 0.4) is 0 Å². The molecule has 2 aromatic rings. The summed E-state index contributed by atoms with van der Waals surface area (Å²) in [6.45, 7) is 2.77. The third-order valence-corrected chi connectivity index (χ3v) is 3.44. The van der Waals surface area contributed by atoms with Crippen molar-refractivity contribution in [2.24, 2.45) is 0 Å². The average molecular weight is 292 g/mol. The predicted molar refractivity (Wildman–Crippen MR) is 75.6 cm³/mol. The molecule has 8 heteroatoms. The number of aliphatic hydroxyl groups is 1. The van der Waals surface area contributed by atoms with Gasteiger partial charge in [-0.2, -0.15) is 5.10 Å². The second-order valence-corrected chi connectivity index (χ2v) is 5.14. The summed E-state index contributed by atoms with van der Waals surface area (Å²) < 4.78 is 9.13. The highest BCUT2D eigenvalue weighted by Crippen LogP contribution is 2.15. The van der Waals surface area contributed by atoms with Crippen LogP contribution >= 0.6 is 0 Å². The van der Waals surface area contributed by atoms with Crippen molar-refractivity contribution in [1.29, 1.82) is 0 Å². The number of hydrogen-bond donors (Lipinski definition) is 2. The van der Waals surface area contributed by atoms with Crippen molar-refractivity contribution in [3.63, 3.8) is 0 Å². The van der Waals surface area contributed by atoms with Gasteiger partial charge in [0, 0.05) is 12.8 Å². The van der Waals surface area contributed by atoms with E-state index >= 15 is 0 Å². The number of hydrogen-bond acceptors (Lipinski definition) is 6. The first-order chi connectivity index (χ1) is 10.3. The Morgan fingerprint density at radius 1 is 1.38 bits per heavy atom. The summed E-state index contributed by atoms with van der Waals surface area (Å²) in [6.07, 6.45) is 8.13. The number of aromatic nitrogens is 5. The lowest BCUT2D eigenvalue weighted by molar-refractivity contribution is 0.0940. The molecule has 0 saturated carbocycles. The second kappa shape index (κ2) is 6.68. The molecule has 0 amide bonds. The van der Waals surface area contributed by atoms with Crippen molar-refractivity contribution < 1.29 is 9.84 Å². The first-order valence-electron chi connectivity index (χ1n) is 7.21. The smallest absolute Gasteiger partial charge is 0.102 e. The molecule has 0 radical (unpaired) electrons. The van der Waals surface area contributed by atoms with E-state index in [2.05, 4.69) is 20.7 Å². The lowest BCUT2D eigenvalue weighted by Gasteiger charge is -2.08. The van der Waals surface area contributed by atoms with E-state index in [1.165, 1.54) is 0 Å². The maximum absolute atomic E-state index is 8.83. The van der Waals surface area contributed by atoms with Crippen molar-refractivity contribution in [3.8, 4) is 0 Å². The van der Waals surface area contributed by atoms with Crippen LogP contribution in [0.4, 0.5) is 5.69 Å². The molecule has 21 heavy (non-hydrogen) atoms. The lowest BCUT2D eigenvalue weighted by atomic mass is 10.2. The fourth-order valence-electron chi connectivity index (χ4n) is 2.38. The zero-order valence-electron chi connectivity index (χ0n) is 11.9. The summed E-state index contributed by atoms with van der Waals surface area (Å²) in [5.74, 6) is 0. The summed E-state index contributed by atoms with van der Waals surface area (Å²) in [7, 11) is 0. The molecule has 0 spiro atoms. The molecular weight excluding hydrogens is 272 g/mol. The molecule has 2 N–H and O–H groups in total. The van der Waals surface area contributed by atoms with Gasteiger partial charge in [0.2, 0.25) is 0 Å². The summed E-state index contributed by atoms with van der Waals surface area (Å²) in [6, 6.07) is 0. The number of ether oxygens (including phenoxy) is 1. The number of nitrogens with zero attached hydrogens (tertiary/aromatic N) is 5. The Labute approximate surface area is 122 Å². The molecule has 1 fully saturated rings. The van der Waals surface area contributed by atoms with Crippen molar-refractivity contribution >= 4 is 5.69 Å². The Morgan fingerprint density at radius 3 is 3.14 bits per heavy atom. The van der Waals surface area contributed by atoms with Gasteiger partial charge in [0.05, 0.1) is 50.4 Å². The molecule has 1 unspecified atom stereocenters. The van der Waals surface area contributed by atoms with Gasteiger partial charge in [-0.1, -0.05) is 5.21 Å². The van der Waals surface area contributed by atoms with E-state index in [0.717, 1.165) is 37.4 Å². The first-order valence-corrected chi connectivity index (χ1v) is 7.21. The van der Waals surface area contributed by atoms with Crippen molar-refractivity contribution in [2.45, 2.75) is 38.6 Å². The summed E-state index contributed by atoms with van der Waals surface area (Å²) in [5, 5.41) is 24.4. The fourth-order valence-corrected chi connectivity index (χ4v) is 2.38. The van der Waals surface area contributed by atoms with E-state index in [9.17, 15) is 0 Å². The van der Waals surface area contributed by atoms with E-state index in [4.69, 9.17) is 9.84 Å². The van der Waals surface area contributed by atoms with Gasteiger partial charge in [0.15, 0.2) is 0 Å². The summed E-state index contributed by atoms with van der Waals surface area (Å²) >= 11 is 0. The van der Waals surface area contributed by atoms with Crippen molar-refractivity contribution in [2.75, 3.05) is 18.5 Å². The minimum absolute atomic E-state index is 0.0617. The van der Waals surface area contributed by atoms with Gasteiger partial charge in [-0.05, 0) is 12.8 Å². The van der Waals surface area contributed by atoms with Gasteiger partial charge in [-0.25, -0.2) is 4.68 Å². The Morgan fingerprint density at radius 2 is 2.33 bits per heavy atom. The maximum atomic E-state index is 8.83. The van der Waals surface area contributed by atoms with Crippen LogP contribution in [0.2, 0.25) is 0 Å². The highest BCUT2D eigenvalue weighted by atomic mass is 16.5. The van der Waals surface area contributed by atoms with Crippen LogP contribution in [-0.4, -0.2) is 49.2 Å². The van der Waals surface area contributed by atoms with Gasteiger partial charge >= 0.3 is 0 Å². The molecule has 0 aromatic carbocycles. The molecule has 1 aliphatic rings. The standard InChI is InChI=1S/C13H20N6O2/c20-4-3-18-9-12(16-17-18)6-14-11-7-15-19(8-11)10-13-2-1-5-21-13/h7-9,13-14,20H,1-6,10H2. The van der Waals surface area contributed by atoms with E-state index in [0.29, 0.717) is 13.1 Å². The Bertz CT molecular complexity index is 561. The van der Waals surface area contributed by atoms with Gasteiger partial charge in [0.1, 0.15) is 5.69 Å². The molecule has 3 heterocycles. The normalized spacial score (nSPS) is 18.2. The van der Waals surface area contributed by atoms with E-state index < -0.39 is 0 Å². The number of nitrogens with one attached hydrogen (secondary N) is 1. The molecule has 114 valence electrons. The second-order valence-electron chi connectivity index (χ2n) is 5.14. The monoisotopic (exact) mass is 292 g/mol. The number of rotatable bonds is 7. The molecule has 1 aliphatic heterocycles. The quantitative estimate of drug-likeness (QED) is 0.761. The Balaban J connectivity index is 1.49. The Hall–Kier alpha value is -1.93. The maximum Gasteiger partial charge on any atom is 0.102 e. The minimum atomic E-state index is 0.0617. The summed E-state index contributed by atoms with van der Waals surface area (Å²) in [5.41, 5.74) is 1.78. The van der Waals surface area contributed by atoms with Crippen LogP contribution < -0.4 is 5.32 Å². The average Bonchev–Trinajstić information content (AvgIpc) is 3.20. The van der Waals surface area contributed by atoms with E-state index in [1.807, 2.05) is 17.1 Å². The fraction of sp³-hybridized carbons (Fsp3) is 0.615. The van der Waals surface area contributed by atoms with Crippen LogP contribution in [-0.2, 0) is 24.4 Å². The summed E-state index contributed by atoms with van der Waals surface area (Å²) in [4.78, 5) is 0. The zero-order valence-corrected chi connectivity index (χ0v) is 11.9. The van der Waals surface area contributed by atoms with Crippen LogP contribution in [0.15, 0.2) is 18.6 Å². The molecule has 1 atom stereocenters. The molecule has 3 rings (SSSR count). The number of anilines is 1. The van der Waals surface area contributed by atoms with Crippen LogP contribution in [0.1, 0.15) is 18.5 Å². The molecule has 0 bridgehead atoms. The lowest BCUT2D eigenvalue weighted by Crippen LogP contribution is -2.15. The van der Waals surface area contributed by atoms with Crippen LogP contribution in [0.5, 0.6) is 0 Å². The van der Waals surface area contributed by atoms with Crippen molar-refractivity contribution in [3.05, 3.63) is 24.3 Å². The molecular formula is C13H20N6O2. The third kappa shape index (κ3) is 3.79. The third-order valence-electron chi connectivity index (χ3n) is 3.44. The van der Waals surface area contributed by atoms with Gasteiger partial charge < -0.3 is 15.2 Å². The molecule has 8 nitrogen and oxygen atoms in total. The SMILES string of the molecule is OCCn1cc(CNc2cnn(CC3CCCO3)c2)nn1. The van der Waals surface area contributed by atoms with Gasteiger partial charge in [-0.3, -0.25) is 4.68 Å². The van der Waals surface area contributed by atoms with Crippen molar-refractivity contribution in [1.82, 2.24) is 24.8 Å². The first kappa shape index (κ1) is 14.0. The largest absolute Gasteiger partial charge is 0.394 e. The van der Waals surface area contributed by atoms with E-state index in [-0.39, 0.29) is 12.7 Å². The molecule has 1 saturated heterocycles. The highest BCUT2D eigenvalue weighted by Gasteiger charge is 2.16. The van der Waals surface area contributed by atoms with E-state index in [1.54, 1.807) is 10.9 Å². The van der Waals surface area contributed by atoms with Crippen LogP contribution in [0.25, 0.3) is 0 Å². The number of aliphatic hydroxyl groups excluding tert-OH is 1. The highest BCUT2D eigenvalue weighted by molar-refractivity contribution is 5.38. The zero-order chi connectivity index (χ0) is 14.5. The Kier molecular flexibility index (Phi) is 4.46. The molecule has 0 aliphatic carbocycles. The predicted octanol–water partition coefficient (Wildman–Crippen LogP) is 0.258. The van der Waals surface area contributed by atoms with Gasteiger partial charge in [-0.15, -0.1) is 5.10 Å². The van der Waals surface area contributed by atoms with Crippen LogP contribution in [0, 0.1) is 0 Å². The molecule has 2 aromatic heterocycles. The van der Waals surface area contributed by atoms with Gasteiger partial charge in [0.25, 0.3) is 0 Å².